The molecule has 104 valence electrons. The van der Waals surface area contributed by atoms with Crippen LogP contribution >= 0.6 is 0 Å². The van der Waals surface area contributed by atoms with Crippen molar-refractivity contribution >= 4 is 5.96 Å². The highest BCUT2D eigenvalue weighted by Crippen LogP contribution is 2.16. The van der Waals surface area contributed by atoms with E-state index in [1.54, 1.807) is 0 Å². The number of morpholine rings is 1. The zero-order chi connectivity index (χ0) is 13.0. The van der Waals surface area contributed by atoms with Crippen molar-refractivity contribution in [3.63, 3.8) is 0 Å². The fraction of sp³-hybridized carbons (Fsp3) is 0.923. The summed E-state index contributed by atoms with van der Waals surface area (Å²) in [6.45, 7) is 11.1. The molecule has 0 saturated carbocycles. The third kappa shape index (κ3) is 3.59. The van der Waals surface area contributed by atoms with Crippen molar-refractivity contribution in [2.75, 3.05) is 45.9 Å². The summed E-state index contributed by atoms with van der Waals surface area (Å²) in [6.07, 6.45) is 1.19. The van der Waals surface area contributed by atoms with Crippen LogP contribution in [0.5, 0.6) is 0 Å². The number of nitrogens with zero attached hydrogens (tertiary/aromatic N) is 3. The van der Waals surface area contributed by atoms with Gasteiger partial charge in [-0.3, -0.25) is 9.89 Å². The fourth-order valence-electron chi connectivity index (χ4n) is 2.57. The second kappa shape index (κ2) is 6.38. The minimum atomic E-state index is 0.571. The molecule has 1 atom stereocenters. The number of hydrogen-bond donors (Lipinski definition) is 1. The van der Waals surface area contributed by atoms with Crippen LogP contribution in [-0.4, -0.2) is 67.7 Å². The van der Waals surface area contributed by atoms with E-state index < -0.39 is 0 Å². The predicted octanol–water partition coefficient (Wildman–Crippen LogP) is 0.364. The molecule has 5 nitrogen and oxygen atoms in total. The highest BCUT2D eigenvalue weighted by Gasteiger charge is 2.29. The summed E-state index contributed by atoms with van der Waals surface area (Å²) in [4.78, 5) is 9.21. The molecule has 0 amide bonds. The summed E-state index contributed by atoms with van der Waals surface area (Å²) >= 11 is 0. The number of ether oxygens (including phenoxy) is 1. The maximum absolute atomic E-state index is 6.05. The van der Waals surface area contributed by atoms with Gasteiger partial charge in [-0.2, -0.15) is 0 Å². The molecule has 0 radical (unpaired) electrons. The van der Waals surface area contributed by atoms with Crippen LogP contribution in [0.1, 0.15) is 20.3 Å². The first kappa shape index (κ1) is 13.6. The summed E-state index contributed by atoms with van der Waals surface area (Å²) in [5.41, 5.74) is 6.05. The van der Waals surface area contributed by atoms with Gasteiger partial charge in [0.15, 0.2) is 5.96 Å². The van der Waals surface area contributed by atoms with Gasteiger partial charge in [-0.15, -0.1) is 0 Å². The zero-order valence-electron chi connectivity index (χ0n) is 11.6. The van der Waals surface area contributed by atoms with Gasteiger partial charge in [-0.1, -0.05) is 13.8 Å². The number of aliphatic imine (C=N–C) groups is 1. The van der Waals surface area contributed by atoms with Crippen molar-refractivity contribution in [3.8, 4) is 0 Å². The van der Waals surface area contributed by atoms with E-state index in [2.05, 4.69) is 28.6 Å². The molecule has 0 aromatic heterocycles. The van der Waals surface area contributed by atoms with E-state index in [1.807, 2.05) is 0 Å². The lowest BCUT2D eigenvalue weighted by Crippen LogP contribution is -2.46. The molecule has 2 N–H and O–H groups in total. The van der Waals surface area contributed by atoms with E-state index >= 15 is 0 Å². The van der Waals surface area contributed by atoms with E-state index in [4.69, 9.17) is 10.5 Å². The monoisotopic (exact) mass is 254 g/mol. The molecular formula is C13H26N4O. The van der Waals surface area contributed by atoms with Crippen molar-refractivity contribution in [2.45, 2.75) is 26.3 Å². The Balaban J connectivity index is 1.81. The van der Waals surface area contributed by atoms with Gasteiger partial charge in [0, 0.05) is 38.8 Å². The Morgan fingerprint density at radius 1 is 1.33 bits per heavy atom. The lowest BCUT2D eigenvalue weighted by Gasteiger charge is -2.32. The molecule has 2 saturated heterocycles. The largest absolute Gasteiger partial charge is 0.379 e. The molecular weight excluding hydrogens is 228 g/mol. The molecule has 0 aliphatic carbocycles. The number of rotatable bonds is 3. The second-order valence-electron chi connectivity index (χ2n) is 5.63. The molecule has 0 bridgehead atoms. The van der Waals surface area contributed by atoms with E-state index in [1.165, 1.54) is 6.42 Å². The Morgan fingerprint density at radius 2 is 2.06 bits per heavy atom. The highest BCUT2D eigenvalue weighted by atomic mass is 16.5. The third-order valence-electron chi connectivity index (χ3n) is 3.67. The van der Waals surface area contributed by atoms with Crippen molar-refractivity contribution in [2.24, 2.45) is 16.6 Å². The molecule has 0 aromatic rings. The molecule has 2 aliphatic rings. The van der Waals surface area contributed by atoms with Gasteiger partial charge in [0.25, 0.3) is 0 Å². The first-order valence-electron chi connectivity index (χ1n) is 7.03. The van der Waals surface area contributed by atoms with Crippen LogP contribution in [0.15, 0.2) is 4.99 Å². The van der Waals surface area contributed by atoms with Crippen LogP contribution in [0.4, 0.5) is 0 Å². The smallest absolute Gasteiger partial charge is 0.191 e. The normalized spacial score (nSPS) is 27.2. The van der Waals surface area contributed by atoms with Gasteiger partial charge in [0.1, 0.15) is 0 Å². The average molecular weight is 254 g/mol. The van der Waals surface area contributed by atoms with Gasteiger partial charge in [-0.25, -0.2) is 0 Å². The molecule has 2 aliphatic heterocycles. The van der Waals surface area contributed by atoms with Crippen molar-refractivity contribution < 1.29 is 4.74 Å². The maximum atomic E-state index is 6.05. The Kier molecular flexibility index (Phi) is 4.83. The molecule has 5 heteroatoms. The van der Waals surface area contributed by atoms with Crippen LogP contribution in [0.2, 0.25) is 0 Å². The SMILES string of the molecule is CC(C)CN=C(N)N1CCC(N2CCOCC2)C1. The number of hydrogen-bond acceptors (Lipinski definition) is 3. The van der Waals surface area contributed by atoms with Crippen LogP contribution < -0.4 is 5.73 Å². The minimum absolute atomic E-state index is 0.571. The van der Waals surface area contributed by atoms with Crippen LogP contribution in [0.25, 0.3) is 0 Å². The Labute approximate surface area is 110 Å². The van der Waals surface area contributed by atoms with Crippen molar-refractivity contribution in [3.05, 3.63) is 0 Å². The first-order chi connectivity index (χ1) is 8.66. The predicted molar refractivity (Wildman–Crippen MR) is 73.7 cm³/mol. The minimum Gasteiger partial charge on any atom is -0.379 e. The average Bonchev–Trinajstić information content (AvgIpc) is 2.86. The lowest BCUT2D eigenvalue weighted by molar-refractivity contribution is 0.0195. The fourth-order valence-corrected chi connectivity index (χ4v) is 2.57. The van der Waals surface area contributed by atoms with Gasteiger partial charge in [-0.05, 0) is 12.3 Å². The van der Waals surface area contributed by atoms with Crippen molar-refractivity contribution in [1.82, 2.24) is 9.80 Å². The van der Waals surface area contributed by atoms with Crippen LogP contribution in [0, 0.1) is 5.92 Å². The number of guanidine groups is 1. The molecule has 1 unspecified atom stereocenters. The number of likely N-dealkylation sites (tertiary alicyclic amines) is 1. The molecule has 2 rings (SSSR count). The van der Waals surface area contributed by atoms with Gasteiger partial charge in [0.2, 0.25) is 0 Å². The first-order valence-corrected chi connectivity index (χ1v) is 7.03. The summed E-state index contributed by atoms with van der Waals surface area (Å²) in [6, 6.07) is 0.627. The second-order valence-corrected chi connectivity index (χ2v) is 5.63. The van der Waals surface area contributed by atoms with E-state index in [0.29, 0.717) is 12.0 Å². The van der Waals surface area contributed by atoms with Gasteiger partial charge < -0.3 is 15.4 Å². The van der Waals surface area contributed by atoms with Gasteiger partial charge in [0.05, 0.1) is 13.2 Å². The van der Waals surface area contributed by atoms with Crippen molar-refractivity contribution in [1.29, 1.82) is 0 Å². The van der Waals surface area contributed by atoms with E-state index in [0.717, 1.165) is 51.9 Å². The molecule has 18 heavy (non-hydrogen) atoms. The quantitative estimate of drug-likeness (QED) is 0.584. The highest BCUT2D eigenvalue weighted by molar-refractivity contribution is 5.78. The maximum Gasteiger partial charge on any atom is 0.191 e. The number of nitrogens with two attached hydrogens (primary N) is 1. The molecule has 0 spiro atoms. The molecule has 2 heterocycles. The summed E-state index contributed by atoms with van der Waals surface area (Å²) in [7, 11) is 0. The third-order valence-corrected chi connectivity index (χ3v) is 3.67. The summed E-state index contributed by atoms with van der Waals surface area (Å²) in [5.74, 6) is 1.29. The van der Waals surface area contributed by atoms with Crippen LogP contribution in [-0.2, 0) is 4.74 Å². The van der Waals surface area contributed by atoms with Gasteiger partial charge >= 0.3 is 0 Å². The topological polar surface area (TPSA) is 54.1 Å². The zero-order valence-corrected chi connectivity index (χ0v) is 11.6. The van der Waals surface area contributed by atoms with Crippen LogP contribution in [0.3, 0.4) is 0 Å². The Morgan fingerprint density at radius 3 is 2.72 bits per heavy atom. The summed E-state index contributed by atoms with van der Waals surface area (Å²) in [5, 5.41) is 0. The Bertz CT molecular complexity index is 287. The molecule has 2 fully saturated rings. The van der Waals surface area contributed by atoms with E-state index in [-0.39, 0.29) is 0 Å². The lowest BCUT2D eigenvalue weighted by atomic mass is 10.2. The Hall–Kier alpha value is -0.810. The van der Waals surface area contributed by atoms with E-state index in [9.17, 15) is 0 Å². The summed E-state index contributed by atoms with van der Waals surface area (Å²) < 4.78 is 5.39. The molecule has 0 aromatic carbocycles. The standard InChI is InChI=1S/C13H26N4O/c1-11(2)9-15-13(14)17-4-3-12(10-17)16-5-7-18-8-6-16/h11-12H,3-10H2,1-2H3,(H2,14,15).